The summed E-state index contributed by atoms with van der Waals surface area (Å²) in [5, 5.41) is 0. The zero-order valence-electron chi connectivity index (χ0n) is 6.36. The molecule has 0 heterocycles. The second-order valence-electron chi connectivity index (χ2n) is 1.77. The number of rotatable bonds is 3. The van der Waals surface area contributed by atoms with E-state index in [2.05, 4.69) is 13.2 Å². The van der Waals surface area contributed by atoms with Gasteiger partial charge < -0.3 is 4.90 Å². The summed E-state index contributed by atoms with van der Waals surface area (Å²) in [4.78, 5) is 23.2. The Bertz CT molecular complexity index is 181. The summed E-state index contributed by atoms with van der Waals surface area (Å²) >= 11 is 0. The predicted molar refractivity (Wildman–Crippen MR) is 41.5 cm³/mol. The third kappa shape index (κ3) is 2.25. The Labute approximate surface area is 65.4 Å². The van der Waals surface area contributed by atoms with Gasteiger partial charge in [-0.15, -0.1) is 0 Å². The summed E-state index contributed by atoms with van der Waals surface area (Å²) in [5.41, 5.74) is 0. The normalized spacial score (nSPS) is 8.09. The Kier molecular flexibility index (Phi) is 3.66. The molecule has 3 amide bonds. The molecule has 0 saturated carbocycles. The zero-order chi connectivity index (χ0) is 8.85. The van der Waals surface area contributed by atoms with Gasteiger partial charge in [0.1, 0.15) is 0 Å². The quantitative estimate of drug-likeness (QED) is 0.564. The van der Waals surface area contributed by atoms with Gasteiger partial charge >= 0.3 is 6.03 Å². The topological polar surface area (TPSA) is 40.6 Å². The molecule has 0 aliphatic carbocycles. The second kappa shape index (κ2) is 4.27. The zero-order valence-corrected chi connectivity index (χ0v) is 6.36. The average molecular weight is 154 g/mol. The maximum Gasteiger partial charge on any atom is 0.334 e. The molecule has 0 unspecified atom stereocenters. The van der Waals surface area contributed by atoms with Crippen LogP contribution in [-0.4, -0.2) is 29.3 Å². The fraction of sp³-hybridized carbons (Fsp3) is 0.143. The molecule has 0 aliphatic rings. The minimum atomic E-state index is -0.481. The first-order valence-corrected chi connectivity index (χ1v) is 2.93. The van der Waals surface area contributed by atoms with E-state index in [1.807, 2.05) is 0 Å². The number of urea groups is 1. The van der Waals surface area contributed by atoms with Crippen molar-refractivity contribution in [3.63, 3.8) is 0 Å². The fourth-order valence-corrected chi connectivity index (χ4v) is 0.426. The fourth-order valence-electron chi connectivity index (χ4n) is 0.426. The minimum absolute atomic E-state index is 0.384. The molecular weight excluding hydrogens is 144 g/mol. The SMILES string of the molecule is C=CN(C)C(=O)N(C=C)C=O. The summed E-state index contributed by atoms with van der Waals surface area (Å²) in [6, 6.07) is -0.481. The van der Waals surface area contributed by atoms with Crippen molar-refractivity contribution in [2.24, 2.45) is 0 Å². The number of nitrogens with zero attached hydrogens (tertiary/aromatic N) is 2. The van der Waals surface area contributed by atoms with Crippen molar-refractivity contribution in [1.82, 2.24) is 9.80 Å². The third-order valence-corrected chi connectivity index (χ3v) is 1.11. The van der Waals surface area contributed by atoms with E-state index in [1.54, 1.807) is 0 Å². The summed E-state index contributed by atoms with van der Waals surface area (Å²) in [7, 11) is 1.50. The summed E-state index contributed by atoms with van der Waals surface area (Å²) in [6.45, 7) is 6.64. The molecule has 0 rings (SSSR count). The van der Waals surface area contributed by atoms with Crippen LogP contribution >= 0.6 is 0 Å². The molecule has 0 saturated heterocycles. The van der Waals surface area contributed by atoms with E-state index in [4.69, 9.17) is 0 Å². The molecule has 11 heavy (non-hydrogen) atoms. The Balaban J connectivity index is 4.30. The van der Waals surface area contributed by atoms with Gasteiger partial charge in [0, 0.05) is 19.4 Å². The summed E-state index contributed by atoms with van der Waals surface area (Å²) < 4.78 is 0. The smallest absolute Gasteiger partial charge is 0.304 e. The van der Waals surface area contributed by atoms with Crippen LogP contribution < -0.4 is 0 Å². The molecule has 0 radical (unpaired) electrons. The number of amides is 3. The Morgan fingerprint density at radius 3 is 2.18 bits per heavy atom. The van der Waals surface area contributed by atoms with Crippen LogP contribution in [-0.2, 0) is 4.79 Å². The van der Waals surface area contributed by atoms with Crippen molar-refractivity contribution in [3.8, 4) is 0 Å². The van der Waals surface area contributed by atoms with Gasteiger partial charge in [0.25, 0.3) is 0 Å². The van der Waals surface area contributed by atoms with E-state index in [0.717, 1.165) is 11.1 Å². The molecule has 0 aromatic heterocycles. The largest absolute Gasteiger partial charge is 0.334 e. The van der Waals surface area contributed by atoms with Gasteiger partial charge in [-0.3, -0.25) is 4.79 Å². The van der Waals surface area contributed by atoms with Gasteiger partial charge in [0.05, 0.1) is 0 Å². The Hall–Kier alpha value is -1.58. The number of carbonyl (C=O) groups is 2. The summed E-state index contributed by atoms with van der Waals surface area (Å²) in [5.74, 6) is 0. The van der Waals surface area contributed by atoms with Crippen LogP contribution in [0.25, 0.3) is 0 Å². The number of hydrogen-bond acceptors (Lipinski definition) is 2. The predicted octanol–water partition coefficient (Wildman–Crippen LogP) is 0.784. The molecule has 4 heteroatoms. The lowest BCUT2D eigenvalue weighted by atomic mass is 10.7. The lowest BCUT2D eigenvalue weighted by Crippen LogP contribution is -2.33. The number of hydrogen-bond donors (Lipinski definition) is 0. The van der Waals surface area contributed by atoms with Crippen LogP contribution in [0.15, 0.2) is 25.6 Å². The summed E-state index contributed by atoms with van der Waals surface area (Å²) in [6.07, 6.45) is 2.83. The van der Waals surface area contributed by atoms with Crippen molar-refractivity contribution in [2.75, 3.05) is 7.05 Å². The molecule has 0 bridgehead atoms. The Morgan fingerprint density at radius 1 is 1.36 bits per heavy atom. The molecule has 0 aromatic carbocycles. The van der Waals surface area contributed by atoms with Crippen molar-refractivity contribution in [2.45, 2.75) is 0 Å². The minimum Gasteiger partial charge on any atom is -0.304 e. The van der Waals surface area contributed by atoms with E-state index in [-0.39, 0.29) is 0 Å². The van der Waals surface area contributed by atoms with E-state index in [9.17, 15) is 9.59 Å². The van der Waals surface area contributed by atoms with Gasteiger partial charge in [-0.05, 0) is 0 Å². The maximum atomic E-state index is 11.0. The first-order valence-electron chi connectivity index (χ1n) is 2.93. The highest BCUT2D eigenvalue weighted by Crippen LogP contribution is 1.93. The standard InChI is InChI=1S/C7H10N2O2/c1-4-8(3)7(11)9(5-2)6-10/h4-6H,1-2H2,3H3. The van der Waals surface area contributed by atoms with Gasteiger partial charge in [-0.2, -0.15) is 0 Å². The van der Waals surface area contributed by atoms with Crippen LogP contribution in [0.1, 0.15) is 0 Å². The highest BCUT2D eigenvalue weighted by Gasteiger charge is 2.10. The van der Waals surface area contributed by atoms with Crippen molar-refractivity contribution < 1.29 is 9.59 Å². The third-order valence-electron chi connectivity index (χ3n) is 1.11. The van der Waals surface area contributed by atoms with Gasteiger partial charge in [-0.1, -0.05) is 13.2 Å². The molecule has 0 aliphatic heterocycles. The highest BCUT2D eigenvalue weighted by molar-refractivity contribution is 5.86. The first kappa shape index (κ1) is 9.42. The van der Waals surface area contributed by atoms with Gasteiger partial charge in [-0.25, -0.2) is 9.69 Å². The highest BCUT2D eigenvalue weighted by atomic mass is 16.2. The van der Waals surface area contributed by atoms with Crippen LogP contribution in [0.2, 0.25) is 0 Å². The van der Waals surface area contributed by atoms with Gasteiger partial charge in [0.15, 0.2) is 0 Å². The molecule has 0 atom stereocenters. The van der Waals surface area contributed by atoms with E-state index in [1.165, 1.54) is 18.1 Å². The van der Waals surface area contributed by atoms with Crippen LogP contribution in [0, 0.1) is 0 Å². The Morgan fingerprint density at radius 2 is 1.91 bits per heavy atom. The molecule has 0 N–H and O–H groups in total. The van der Waals surface area contributed by atoms with Gasteiger partial charge in [0.2, 0.25) is 6.41 Å². The van der Waals surface area contributed by atoms with Crippen molar-refractivity contribution in [1.29, 1.82) is 0 Å². The number of imide groups is 1. The average Bonchev–Trinajstić information content (AvgIpc) is 2.05. The monoisotopic (exact) mass is 154 g/mol. The molecule has 0 aromatic rings. The van der Waals surface area contributed by atoms with E-state index < -0.39 is 6.03 Å². The van der Waals surface area contributed by atoms with E-state index in [0.29, 0.717) is 6.41 Å². The lowest BCUT2D eigenvalue weighted by molar-refractivity contribution is -0.114. The molecule has 4 nitrogen and oxygen atoms in total. The van der Waals surface area contributed by atoms with E-state index >= 15 is 0 Å². The van der Waals surface area contributed by atoms with Crippen molar-refractivity contribution in [3.05, 3.63) is 25.6 Å². The molecule has 0 spiro atoms. The molecule has 0 fully saturated rings. The van der Waals surface area contributed by atoms with Crippen molar-refractivity contribution >= 4 is 12.4 Å². The number of carbonyl (C=O) groups excluding carboxylic acids is 2. The van der Waals surface area contributed by atoms with Crippen LogP contribution in [0.3, 0.4) is 0 Å². The molecule has 60 valence electrons. The first-order chi connectivity index (χ1) is 5.17. The van der Waals surface area contributed by atoms with Crippen LogP contribution in [0.5, 0.6) is 0 Å². The maximum absolute atomic E-state index is 11.0. The lowest BCUT2D eigenvalue weighted by Gasteiger charge is -2.16. The molecular formula is C7H10N2O2. The van der Waals surface area contributed by atoms with Crippen LogP contribution in [0.4, 0.5) is 4.79 Å². The second-order valence-corrected chi connectivity index (χ2v) is 1.77.